The van der Waals surface area contributed by atoms with Crippen LogP contribution in [0, 0.1) is 5.92 Å². The van der Waals surface area contributed by atoms with Crippen LogP contribution in [0.1, 0.15) is 31.2 Å². The van der Waals surface area contributed by atoms with E-state index in [0.29, 0.717) is 5.13 Å². The van der Waals surface area contributed by atoms with Crippen LogP contribution in [0.2, 0.25) is 0 Å². The number of halogens is 1. The van der Waals surface area contributed by atoms with E-state index in [4.69, 9.17) is 0 Å². The van der Waals surface area contributed by atoms with Crippen molar-refractivity contribution in [1.82, 2.24) is 15.5 Å². The van der Waals surface area contributed by atoms with E-state index in [0.717, 1.165) is 43.8 Å². The van der Waals surface area contributed by atoms with Crippen molar-refractivity contribution in [2.75, 3.05) is 18.4 Å². The van der Waals surface area contributed by atoms with E-state index < -0.39 is 0 Å². The van der Waals surface area contributed by atoms with Crippen LogP contribution in [0.5, 0.6) is 0 Å². The smallest absolute Gasteiger partial charge is 0.230 e. The molecule has 0 aromatic carbocycles. The second-order valence-corrected chi connectivity index (χ2v) is 5.35. The molecule has 0 aliphatic carbocycles. The predicted octanol–water partition coefficient (Wildman–Crippen LogP) is 1.85. The molecule has 1 amide bonds. The Morgan fingerprint density at radius 2 is 2.39 bits per heavy atom. The van der Waals surface area contributed by atoms with Gasteiger partial charge in [-0.25, -0.2) is 0 Å². The minimum atomic E-state index is 0. The topological polar surface area (TPSA) is 66.9 Å². The Morgan fingerprint density at radius 3 is 3.06 bits per heavy atom. The molecule has 0 saturated carbocycles. The first-order valence-corrected chi connectivity index (χ1v) is 6.95. The number of aromatic nitrogens is 2. The molecule has 1 saturated heterocycles. The average Bonchev–Trinajstić information content (AvgIpc) is 2.97. The molecule has 1 aliphatic heterocycles. The summed E-state index contributed by atoms with van der Waals surface area (Å²) in [7, 11) is 0. The number of aryl methyl sites for hydroxylation is 1. The number of carbonyl (C=O) groups is 1. The van der Waals surface area contributed by atoms with Gasteiger partial charge in [0.25, 0.3) is 0 Å². The molecular weight excluding hydrogens is 272 g/mol. The van der Waals surface area contributed by atoms with E-state index in [1.165, 1.54) is 11.3 Å². The van der Waals surface area contributed by atoms with Crippen LogP contribution in [0.15, 0.2) is 0 Å². The Bertz CT molecular complexity index is 379. The highest BCUT2D eigenvalue weighted by Crippen LogP contribution is 2.19. The molecule has 1 aromatic rings. The summed E-state index contributed by atoms with van der Waals surface area (Å²) in [4.78, 5) is 11.8. The third-order valence-corrected chi connectivity index (χ3v) is 3.77. The Hall–Kier alpha value is -0.720. The number of amides is 1. The van der Waals surface area contributed by atoms with E-state index in [-0.39, 0.29) is 24.2 Å². The van der Waals surface area contributed by atoms with Gasteiger partial charge in [-0.05, 0) is 19.4 Å². The van der Waals surface area contributed by atoms with Crippen molar-refractivity contribution in [2.45, 2.75) is 32.6 Å². The average molecular weight is 291 g/mol. The molecule has 7 heteroatoms. The molecule has 18 heavy (non-hydrogen) atoms. The minimum absolute atomic E-state index is 0. The SMILES string of the molecule is CCCCc1nnc(NC(=O)C2CCNC2)s1.Cl. The zero-order chi connectivity index (χ0) is 12.1. The molecule has 2 rings (SSSR count). The van der Waals surface area contributed by atoms with Crippen LogP contribution >= 0.6 is 23.7 Å². The lowest BCUT2D eigenvalue weighted by atomic mass is 10.1. The second kappa shape index (κ2) is 7.66. The summed E-state index contributed by atoms with van der Waals surface area (Å²) in [6.07, 6.45) is 4.13. The highest BCUT2D eigenvalue weighted by molar-refractivity contribution is 7.15. The monoisotopic (exact) mass is 290 g/mol. The van der Waals surface area contributed by atoms with E-state index in [2.05, 4.69) is 27.8 Å². The number of hydrogen-bond donors (Lipinski definition) is 2. The van der Waals surface area contributed by atoms with E-state index in [1.807, 2.05) is 0 Å². The summed E-state index contributed by atoms with van der Waals surface area (Å²) >= 11 is 1.49. The van der Waals surface area contributed by atoms with Crippen molar-refractivity contribution >= 4 is 34.8 Å². The summed E-state index contributed by atoms with van der Waals surface area (Å²) in [5, 5.41) is 15.7. The molecule has 0 spiro atoms. The van der Waals surface area contributed by atoms with Gasteiger partial charge in [0.2, 0.25) is 11.0 Å². The first-order chi connectivity index (χ1) is 8.29. The number of rotatable bonds is 5. The molecule has 5 nitrogen and oxygen atoms in total. The summed E-state index contributed by atoms with van der Waals surface area (Å²) in [6.45, 7) is 3.85. The largest absolute Gasteiger partial charge is 0.316 e. The Balaban J connectivity index is 0.00000162. The minimum Gasteiger partial charge on any atom is -0.316 e. The van der Waals surface area contributed by atoms with Gasteiger partial charge in [-0.3, -0.25) is 4.79 Å². The normalized spacial score (nSPS) is 18.4. The standard InChI is InChI=1S/C11H18N4OS.ClH/c1-2-3-4-9-14-15-11(17-9)13-10(16)8-5-6-12-7-8;/h8,12H,2-7H2,1H3,(H,13,15,16);1H. The van der Waals surface area contributed by atoms with Gasteiger partial charge in [-0.15, -0.1) is 22.6 Å². The predicted molar refractivity (Wildman–Crippen MR) is 75.4 cm³/mol. The lowest BCUT2D eigenvalue weighted by molar-refractivity contribution is -0.119. The molecule has 1 fully saturated rings. The molecule has 0 radical (unpaired) electrons. The summed E-state index contributed by atoms with van der Waals surface area (Å²) < 4.78 is 0. The van der Waals surface area contributed by atoms with Crippen LogP contribution in [0.4, 0.5) is 5.13 Å². The van der Waals surface area contributed by atoms with Crippen LogP contribution in [0.3, 0.4) is 0 Å². The van der Waals surface area contributed by atoms with Gasteiger partial charge in [-0.2, -0.15) is 0 Å². The molecule has 1 aliphatic rings. The fraction of sp³-hybridized carbons (Fsp3) is 0.727. The van der Waals surface area contributed by atoms with E-state index in [1.54, 1.807) is 0 Å². The maximum absolute atomic E-state index is 11.8. The van der Waals surface area contributed by atoms with Crippen molar-refractivity contribution in [1.29, 1.82) is 0 Å². The van der Waals surface area contributed by atoms with Crippen LogP contribution in [0.25, 0.3) is 0 Å². The Kier molecular flexibility index (Phi) is 6.52. The summed E-state index contributed by atoms with van der Waals surface area (Å²) in [5.41, 5.74) is 0. The van der Waals surface area contributed by atoms with Crippen LogP contribution < -0.4 is 10.6 Å². The summed E-state index contributed by atoms with van der Waals surface area (Å²) in [5.74, 6) is 0.145. The number of carbonyl (C=O) groups excluding carboxylic acids is 1. The van der Waals surface area contributed by atoms with Crippen LogP contribution in [-0.2, 0) is 11.2 Å². The fourth-order valence-corrected chi connectivity index (χ4v) is 2.60. The number of nitrogens with zero attached hydrogens (tertiary/aromatic N) is 2. The van der Waals surface area contributed by atoms with Crippen molar-refractivity contribution in [2.24, 2.45) is 5.92 Å². The van der Waals surface area contributed by atoms with E-state index in [9.17, 15) is 4.79 Å². The lowest BCUT2D eigenvalue weighted by Crippen LogP contribution is -2.24. The highest BCUT2D eigenvalue weighted by atomic mass is 35.5. The Labute approximate surface area is 117 Å². The fourth-order valence-electron chi connectivity index (χ4n) is 1.82. The first kappa shape index (κ1) is 15.3. The molecule has 0 bridgehead atoms. The van der Waals surface area contributed by atoms with Gasteiger partial charge in [0.15, 0.2) is 0 Å². The molecule has 1 aromatic heterocycles. The third kappa shape index (κ3) is 4.19. The lowest BCUT2D eigenvalue weighted by Gasteiger charge is -2.06. The summed E-state index contributed by atoms with van der Waals surface area (Å²) in [6, 6.07) is 0. The number of hydrogen-bond acceptors (Lipinski definition) is 5. The van der Waals surface area contributed by atoms with Crippen molar-refractivity contribution in [3.05, 3.63) is 5.01 Å². The Morgan fingerprint density at radius 1 is 1.56 bits per heavy atom. The van der Waals surface area contributed by atoms with Gasteiger partial charge in [-0.1, -0.05) is 24.7 Å². The molecule has 1 atom stereocenters. The zero-order valence-electron chi connectivity index (χ0n) is 10.4. The number of nitrogens with one attached hydrogen (secondary N) is 2. The molecule has 102 valence electrons. The maximum Gasteiger partial charge on any atom is 0.230 e. The molecule has 2 N–H and O–H groups in total. The van der Waals surface area contributed by atoms with Gasteiger partial charge in [0.1, 0.15) is 5.01 Å². The maximum atomic E-state index is 11.8. The third-order valence-electron chi connectivity index (χ3n) is 2.87. The quantitative estimate of drug-likeness (QED) is 0.868. The van der Waals surface area contributed by atoms with Gasteiger partial charge >= 0.3 is 0 Å². The van der Waals surface area contributed by atoms with Gasteiger partial charge in [0.05, 0.1) is 5.92 Å². The highest BCUT2D eigenvalue weighted by Gasteiger charge is 2.23. The van der Waals surface area contributed by atoms with E-state index >= 15 is 0 Å². The second-order valence-electron chi connectivity index (χ2n) is 4.28. The van der Waals surface area contributed by atoms with Gasteiger partial charge in [0, 0.05) is 13.0 Å². The van der Waals surface area contributed by atoms with Crippen molar-refractivity contribution in [3.63, 3.8) is 0 Å². The molecular formula is C11H19ClN4OS. The van der Waals surface area contributed by atoms with Gasteiger partial charge < -0.3 is 10.6 Å². The first-order valence-electron chi connectivity index (χ1n) is 6.13. The van der Waals surface area contributed by atoms with Crippen LogP contribution in [-0.4, -0.2) is 29.2 Å². The zero-order valence-corrected chi connectivity index (χ0v) is 12.1. The van der Waals surface area contributed by atoms with Crippen molar-refractivity contribution in [3.8, 4) is 0 Å². The van der Waals surface area contributed by atoms with Crippen molar-refractivity contribution < 1.29 is 4.79 Å². The molecule has 2 heterocycles. The number of unbranched alkanes of at least 4 members (excludes halogenated alkanes) is 1. The molecule has 1 unspecified atom stereocenters. The number of anilines is 1.